The second-order valence-electron chi connectivity index (χ2n) is 5.23. The van der Waals surface area contributed by atoms with Gasteiger partial charge in [-0.3, -0.25) is 4.79 Å². The van der Waals surface area contributed by atoms with E-state index in [1.165, 1.54) is 18.4 Å². The molecule has 0 spiro atoms. The number of nitrogens with zero attached hydrogens (tertiary/aromatic N) is 1. The van der Waals surface area contributed by atoms with E-state index in [1.54, 1.807) is 11.8 Å². The molecule has 2 heterocycles. The van der Waals surface area contributed by atoms with Crippen molar-refractivity contribution in [2.75, 3.05) is 0 Å². The van der Waals surface area contributed by atoms with Crippen LogP contribution in [-0.2, 0) is 11.5 Å². The molecule has 4 heteroatoms. The van der Waals surface area contributed by atoms with E-state index in [4.69, 9.17) is 0 Å². The Hall–Kier alpha value is -1.55. The Bertz CT molecular complexity index is 686. The van der Waals surface area contributed by atoms with Gasteiger partial charge < -0.3 is 4.98 Å². The van der Waals surface area contributed by atoms with Gasteiger partial charge in [-0.05, 0) is 24.3 Å². The monoisotopic (exact) mass is 270 g/mol. The number of hydrogen-bond acceptors (Lipinski definition) is 3. The molecule has 1 aliphatic carbocycles. The normalized spacial score (nSPS) is 17.5. The van der Waals surface area contributed by atoms with Crippen LogP contribution in [0.4, 0.5) is 0 Å². The van der Waals surface area contributed by atoms with Gasteiger partial charge in [0, 0.05) is 22.6 Å². The summed E-state index contributed by atoms with van der Waals surface area (Å²) in [5, 5.41) is 0. The molecule has 96 valence electrons. The lowest BCUT2D eigenvalue weighted by atomic mass is 10.1. The van der Waals surface area contributed by atoms with E-state index in [1.807, 2.05) is 0 Å². The van der Waals surface area contributed by atoms with Crippen LogP contribution in [0.15, 0.2) is 29.1 Å². The van der Waals surface area contributed by atoms with Crippen LogP contribution in [0.1, 0.15) is 35.6 Å². The standard InChI is InChI=1S/C15H14N2OS/c18-15-12-7-19-8-13(12)16-14(17-15)11-5-3-10(4-6-11)9-1-2-9/h3-6,9H,1-2,7-8H2,(H,16,17,18). The molecular formula is C15H14N2OS. The fourth-order valence-electron chi connectivity index (χ4n) is 2.53. The number of benzene rings is 1. The molecule has 0 atom stereocenters. The summed E-state index contributed by atoms with van der Waals surface area (Å²) in [6.45, 7) is 0. The van der Waals surface area contributed by atoms with E-state index in [2.05, 4.69) is 34.2 Å². The van der Waals surface area contributed by atoms with E-state index in [-0.39, 0.29) is 5.56 Å². The number of hydrogen-bond donors (Lipinski definition) is 1. The van der Waals surface area contributed by atoms with Crippen molar-refractivity contribution in [1.29, 1.82) is 0 Å². The van der Waals surface area contributed by atoms with Gasteiger partial charge in [-0.1, -0.05) is 24.3 Å². The molecule has 0 unspecified atom stereocenters. The van der Waals surface area contributed by atoms with Gasteiger partial charge in [-0.2, -0.15) is 11.8 Å². The van der Waals surface area contributed by atoms with Gasteiger partial charge in [0.1, 0.15) is 5.82 Å². The third kappa shape index (κ3) is 2.00. The second-order valence-corrected chi connectivity index (χ2v) is 6.21. The lowest BCUT2D eigenvalue weighted by molar-refractivity contribution is 1.03. The molecule has 1 aromatic carbocycles. The first-order valence-electron chi connectivity index (χ1n) is 6.61. The van der Waals surface area contributed by atoms with Crippen LogP contribution in [0.3, 0.4) is 0 Å². The van der Waals surface area contributed by atoms with Gasteiger partial charge in [0.05, 0.1) is 5.69 Å². The second kappa shape index (κ2) is 4.23. The minimum atomic E-state index is 0.0243. The van der Waals surface area contributed by atoms with Gasteiger partial charge in [-0.15, -0.1) is 0 Å². The zero-order chi connectivity index (χ0) is 12.8. The molecule has 0 bridgehead atoms. The summed E-state index contributed by atoms with van der Waals surface area (Å²) in [7, 11) is 0. The van der Waals surface area contributed by atoms with Gasteiger partial charge in [0.2, 0.25) is 0 Å². The third-order valence-corrected chi connectivity index (χ3v) is 4.79. The molecule has 4 rings (SSSR count). The van der Waals surface area contributed by atoms with Crippen molar-refractivity contribution in [1.82, 2.24) is 9.97 Å². The number of nitrogens with one attached hydrogen (secondary N) is 1. The summed E-state index contributed by atoms with van der Waals surface area (Å²) in [4.78, 5) is 19.5. The van der Waals surface area contributed by atoms with Gasteiger partial charge in [-0.25, -0.2) is 4.98 Å². The highest BCUT2D eigenvalue weighted by Crippen LogP contribution is 2.40. The molecular weight excluding hydrogens is 256 g/mol. The third-order valence-electron chi connectivity index (χ3n) is 3.82. The van der Waals surface area contributed by atoms with Crippen LogP contribution in [0.5, 0.6) is 0 Å². The zero-order valence-corrected chi connectivity index (χ0v) is 11.3. The molecule has 0 saturated heterocycles. The Morgan fingerprint density at radius 2 is 1.95 bits per heavy atom. The van der Waals surface area contributed by atoms with Crippen LogP contribution in [0, 0.1) is 0 Å². The van der Waals surface area contributed by atoms with E-state index < -0.39 is 0 Å². The van der Waals surface area contributed by atoms with Gasteiger partial charge in [0.25, 0.3) is 5.56 Å². The Labute approximate surface area is 115 Å². The zero-order valence-electron chi connectivity index (χ0n) is 10.5. The topological polar surface area (TPSA) is 45.8 Å². The van der Waals surface area contributed by atoms with Gasteiger partial charge in [0.15, 0.2) is 0 Å². The summed E-state index contributed by atoms with van der Waals surface area (Å²) in [6.07, 6.45) is 2.62. The molecule has 1 N–H and O–H groups in total. The SMILES string of the molecule is O=c1[nH]c(-c2ccc(C3CC3)cc2)nc2c1CSC2. The van der Waals surface area contributed by atoms with Crippen molar-refractivity contribution < 1.29 is 0 Å². The van der Waals surface area contributed by atoms with Crippen molar-refractivity contribution in [3.05, 3.63) is 51.4 Å². The van der Waals surface area contributed by atoms with E-state index in [9.17, 15) is 4.79 Å². The predicted molar refractivity (Wildman–Crippen MR) is 77.3 cm³/mol. The van der Waals surface area contributed by atoms with E-state index in [0.29, 0.717) is 5.82 Å². The average molecular weight is 270 g/mol. The minimum absolute atomic E-state index is 0.0243. The summed E-state index contributed by atoms with van der Waals surface area (Å²) in [6, 6.07) is 8.46. The highest BCUT2D eigenvalue weighted by atomic mass is 32.2. The summed E-state index contributed by atoms with van der Waals surface area (Å²) >= 11 is 1.75. The van der Waals surface area contributed by atoms with Crippen molar-refractivity contribution in [2.45, 2.75) is 30.3 Å². The van der Waals surface area contributed by atoms with Crippen LogP contribution >= 0.6 is 11.8 Å². The highest BCUT2D eigenvalue weighted by molar-refractivity contribution is 7.98. The van der Waals surface area contributed by atoms with Crippen molar-refractivity contribution in [2.24, 2.45) is 0 Å². The lowest BCUT2D eigenvalue weighted by Crippen LogP contribution is -2.15. The van der Waals surface area contributed by atoms with Crippen LogP contribution in [0.25, 0.3) is 11.4 Å². The summed E-state index contributed by atoms with van der Waals surface area (Å²) in [5.74, 6) is 3.11. The molecule has 19 heavy (non-hydrogen) atoms. The maximum absolute atomic E-state index is 12.0. The maximum atomic E-state index is 12.0. The summed E-state index contributed by atoms with van der Waals surface area (Å²) in [5.41, 5.74) is 4.23. The van der Waals surface area contributed by atoms with Crippen LogP contribution in [-0.4, -0.2) is 9.97 Å². The number of aromatic amines is 1. The van der Waals surface area contributed by atoms with E-state index in [0.717, 1.165) is 34.2 Å². The molecule has 2 aromatic rings. The lowest BCUT2D eigenvalue weighted by Gasteiger charge is -2.05. The Kier molecular flexibility index (Phi) is 2.52. The fraction of sp³-hybridized carbons (Fsp3) is 0.333. The molecule has 3 nitrogen and oxygen atoms in total. The van der Waals surface area contributed by atoms with E-state index >= 15 is 0 Å². The number of rotatable bonds is 2. The van der Waals surface area contributed by atoms with Crippen molar-refractivity contribution in [3.8, 4) is 11.4 Å². The Morgan fingerprint density at radius 3 is 2.68 bits per heavy atom. The number of thioether (sulfide) groups is 1. The first kappa shape index (κ1) is 11.3. The predicted octanol–water partition coefficient (Wildman–Crippen LogP) is 3.06. The van der Waals surface area contributed by atoms with Crippen LogP contribution < -0.4 is 5.56 Å². The number of aromatic nitrogens is 2. The Balaban J connectivity index is 1.75. The van der Waals surface area contributed by atoms with Crippen molar-refractivity contribution in [3.63, 3.8) is 0 Å². The number of H-pyrrole nitrogens is 1. The maximum Gasteiger partial charge on any atom is 0.255 e. The fourth-order valence-corrected chi connectivity index (χ4v) is 3.56. The first-order valence-corrected chi connectivity index (χ1v) is 7.77. The summed E-state index contributed by atoms with van der Waals surface area (Å²) < 4.78 is 0. The van der Waals surface area contributed by atoms with Crippen LogP contribution in [0.2, 0.25) is 0 Å². The Morgan fingerprint density at radius 1 is 1.16 bits per heavy atom. The molecule has 1 aromatic heterocycles. The molecule has 2 aliphatic rings. The minimum Gasteiger partial charge on any atom is -0.306 e. The van der Waals surface area contributed by atoms with Gasteiger partial charge >= 0.3 is 0 Å². The largest absolute Gasteiger partial charge is 0.306 e. The molecule has 0 radical (unpaired) electrons. The van der Waals surface area contributed by atoms with Crippen molar-refractivity contribution >= 4 is 11.8 Å². The molecule has 1 fully saturated rings. The quantitative estimate of drug-likeness (QED) is 0.912. The smallest absolute Gasteiger partial charge is 0.255 e. The highest BCUT2D eigenvalue weighted by Gasteiger charge is 2.23. The molecule has 1 aliphatic heterocycles. The molecule has 1 saturated carbocycles. The number of fused-ring (bicyclic) bond motifs is 1. The first-order chi connectivity index (χ1) is 9.31. The molecule has 0 amide bonds. The average Bonchev–Trinajstić information content (AvgIpc) is 3.17.